The predicted octanol–water partition coefficient (Wildman–Crippen LogP) is 0.577. The fourth-order valence-electron chi connectivity index (χ4n) is 0.449. The molecule has 4 heteroatoms. The Hall–Kier alpha value is -0.692. The van der Waals surface area contributed by atoms with E-state index in [2.05, 4.69) is 11.2 Å². The topological polar surface area (TPSA) is 50.2 Å². The van der Waals surface area contributed by atoms with Crippen molar-refractivity contribution in [2.45, 2.75) is 0 Å². The molecule has 10 heavy (non-hydrogen) atoms. The number of hydrogen-bond acceptors (Lipinski definition) is 2. The summed E-state index contributed by atoms with van der Waals surface area (Å²) in [5.41, 5.74) is 0.213. The second-order valence-electron chi connectivity index (χ2n) is 1.48. The van der Waals surface area contributed by atoms with Gasteiger partial charge in [0, 0.05) is 21.1 Å². The number of carboxylic acids is 1. The fourth-order valence-corrected chi connectivity index (χ4v) is 0.449. The number of carbonyl (C=O) groups is 1. The standard InChI is InChI=1S/C6H4NO2.W/c8-6(9)5-1-3-7-4-2-5;/h1-3H,(H,8,9);/q-1;. The van der Waals surface area contributed by atoms with Crippen molar-refractivity contribution in [3.05, 3.63) is 30.1 Å². The van der Waals surface area contributed by atoms with Gasteiger partial charge < -0.3 is 10.1 Å². The van der Waals surface area contributed by atoms with Crippen molar-refractivity contribution >= 4 is 5.97 Å². The van der Waals surface area contributed by atoms with Crippen molar-refractivity contribution < 1.29 is 31.0 Å². The van der Waals surface area contributed by atoms with Gasteiger partial charge in [-0.3, -0.25) is 4.79 Å². The maximum atomic E-state index is 10.2. The molecule has 0 aliphatic carbocycles. The SMILES string of the molecule is O=C(O)c1c[c-]ncc1.[W]. The number of rotatable bonds is 1. The quantitative estimate of drug-likeness (QED) is 0.772. The Labute approximate surface area is 72.4 Å². The number of aromatic nitrogens is 1. The molecule has 0 fully saturated rings. The molecular weight excluding hydrogens is 302 g/mol. The summed E-state index contributed by atoms with van der Waals surface area (Å²) in [5.74, 6) is -0.950. The molecule has 0 aliphatic rings. The Morgan fingerprint density at radius 2 is 2.40 bits per heavy atom. The first kappa shape index (κ1) is 9.31. The zero-order chi connectivity index (χ0) is 6.69. The molecule has 0 bridgehead atoms. The average molecular weight is 306 g/mol. The van der Waals surface area contributed by atoms with Crippen molar-refractivity contribution in [2.24, 2.45) is 0 Å². The molecular formula is C6H4NO2W-. The molecule has 1 heterocycles. The first-order valence-corrected chi connectivity index (χ1v) is 2.36. The normalized spacial score (nSPS) is 8.00. The number of hydrogen-bond donors (Lipinski definition) is 1. The molecule has 1 aromatic heterocycles. The van der Waals surface area contributed by atoms with Crippen LogP contribution in [0.4, 0.5) is 0 Å². The molecule has 0 radical (unpaired) electrons. The zero-order valence-corrected chi connectivity index (χ0v) is 7.88. The van der Waals surface area contributed by atoms with E-state index in [-0.39, 0.29) is 26.6 Å². The van der Waals surface area contributed by atoms with E-state index in [1.165, 1.54) is 18.3 Å². The van der Waals surface area contributed by atoms with E-state index in [1.54, 1.807) is 0 Å². The van der Waals surface area contributed by atoms with Crippen molar-refractivity contribution in [2.75, 3.05) is 0 Å². The molecule has 0 aromatic carbocycles. The van der Waals surface area contributed by atoms with E-state index >= 15 is 0 Å². The van der Waals surface area contributed by atoms with E-state index in [0.717, 1.165) is 0 Å². The summed E-state index contributed by atoms with van der Waals surface area (Å²) >= 11 is 0. The molecule has 1 rings (SSSR count). The fraction of sp³-hybridized carbons (Fsp3) is 0. The third-order valence-electron chi connectivity index (χ3n) is 0.870. The third-order valence-corrected chi connectivity index (χ3v) is 0.870. The van der Waals surface area contributed by atoms with Crippen LogP contribution in [-0.4, -0.2) is 16.1 Å². The summed E-state index contributed by atoms with van der Waals surface area (Å²) in [7, 11) is 0. The summed E-state index contributed by atoms with van der Waals surface area (Å²) in [6.45, 7) is 0. The zero-order valence-electron chi connectivity index (χ0n) is 4.94. The van der Waals surface area contributed by atoms with E-state index in [4.69, 9.17) is 5.11 Å². The van der Waals surface area contributed by atoms with Gasteiger partial charge in [0.15, 0.2) is 0 Å². The number of pyridine rings is 1. The van der Waals surface area contributed by atoms with Gasteiger partial charge in [0.25, 0.3) is 5.97 Å². The number of carboxylic acid groups (broad SMARTS) is 1. The number of aromatic carboxylic acids is 1. The van der Waals surface area contributed by atoms with Gasteiger partial charge in [-0.2, -0.15) is 0 Å². The summed E-state index contributed by atoms with van der Waals surface area (Å²) in [6, 6.07) is 2.74. The van der Waals surface area contributed by atoms with Crippen LogP contribution in [0.1, 0.15) is 10.4 Å². The first-order valence-electron chi connectivity index (χ1n) is 2.36. The van der Waals surface area contributed by atoms with Crippen LogP contribution < -0.4 is 0 Å². The van der Waals surface area contributed by atoms with Crippen molar-refractivity contribution in [3.63, 3.8) is 0 Å². The molecule has 1 N–H and O–H groups in total. The molecule has 3 nitrogen and oxygen atoms in total. The monoisotopic (exact) mass is 306 g/mol. The van der Waals surface area contributed by atoms with Gasteiger partial charge in [-0.25, -0.2) is 0 Å². The second kappa shape index (κ2) is 4.18. The van der Waals surface area contributed by atoms with Gasteiger partial charge in [0.05, 0.1) is 0 Å². The first-order chi connectivity index (χ1) is 4.30. The minimum Gasteiger partial charge on any atom is -0.487 e. The predicted molar refractivity (Wildman–Crippen MR) is 30.0 cm³/mol. The molecule has 0 aliphatic heterocycles. The van der Waals surface area contributed by atoms with Crippen LogP contribution in [0.25, 0.3) is 0 Å². The van der Waals surface area contributed by atoms with Gasteiger partial charge in [-0.1, -0.05) is 12.4 Å². The average Bonchev–Trinajstić information content (AvgIpc) is 1.90. The molecule has 0 atom stereocenters. The summed E-state index contributed by atoms with van der Waals surface area (Å²) in [5, 5.41) is 8.34. The summed E-state index contributed by atoms with van der Waals surface area (Å²) < 4.78 is 0. The largest absolute Gasteiger partial charge is 0.487 e. The third kappa shape index (κ3) is 2.27. The van der Waals surface area contributed by atoms with E-state index < -0.39 is 5.97 Å². The van der Waals surface area contributed by atoms with Crippen LogP contribution in [-0.2, 0) is 21.1 Å². The molecule has 0 saturated carbocycles. The van der Waals surface area contributed by atoms with Crippen molar-refractivity contribution in [1.82, 2.24) is 4.98 Å². The van der Waals surface area contributed by atoms with Crippen LogP contribution in [0.2, 0.25) is 0 Å². The van der Waals surface area contributed by atoms with Gasteiger partial charge in [0.1, 0.15) is 0 Å². The van der Waals surface area contributed by atoms with Gasteiger partial charge in [-0.05, 0) is 5.56 Å². The minimum absolute atomic E-state index is 0. The Bertz CT molecular complexity index is 212. The van der Waals surface area contributed by atoms with Gasteiger partial charge >= 0.3 is 0 Å². The van der Waals surface area contributed by atoms with Crippen LogP contribution in [0, 0.1) is 6.20 Å². The molecule has 0 unspecified atom stereocenters. The second-order valence-corrected chi connectivity index (χ2v) is 1.48. The molecule has 0 saturated heterocycles. The maximum Gasteiger partial charge on any atom is 0.278 e. The summed E-state index contributed by atoms with van der Waals surface area (Å²) in [6.07, 6.45) is 3.80. The van der Waals surface area contributed by atoms with Crippen molar-refractivity contribution in [3.8, 4) is 0 Å². The maximum absolute atomic E-state index is 10.2. The molecule has 0 spiro atoms. The smallest absolute Gasteiger partial charge is 0.278 e. The molecule has 0 amide bonds. The van der Waals surface area contributed by atoms with Crippen LogP contribution >= 0.6 is 0 Å². The van der Waals surface area contributed by atoms with E-state index in [9.17, 15) is 4.79 Å². The summed E-state index contributed by atoms with van der Waals surface area (Å²) in [4.78, 5) is 13.7. The Balaban J connectivity index is 0.000000810. The van der Waals surface area contributed by atoms with Crippen LogP contribution in [0.15, 0.2) is 18.3 Å². The van der Waals surface area contributed by atoms with Gasteiger partial charge in [-0.15, -0.1) is 12.1 Å². The van der Waals surface area contributed by atoms with Gasteiger partial charge in [0.2, 0.25) is 0 Å². The van der Waals surface area contributed by atoms with E-state index in [1.807, 2.05) is 0 Å². The molecule has 1 aromatic rings. The Morgan fingerprint density at radius 1 is 1.70 bits per heavy atom. The Kier molecular flexibility index (Phi) is 3.89. The van der Waals surface area contributed by atoms with Crippen LogP contribution in [0.3, 0.4) is 0 Å². The van der Waals surface area contributed by atoms with E-state index in [0.29, 0.717) is 0 Å². The molecule has 52 valence electrons. The number of nitrogens with zero attached hydrogens (tertiary/aromatic N) is 1. The van der Waals surface area contributed by atoms with Crippen molar-refractivity contribution in [1.29, 1.82) is 0 Å². The minimum atomic E-state index is -0.950. The Morgan fingerprint density at radius 3 is 2.70 bits per heavy atom. The van der Waals surface area contributed by atoms with Crippen LogP contribution in [0.5, 0.6) is 0 Å².